The fourth-order valence-corrected chi connectivity index (χ4v) is 2.65. The van der Waals surface area contributed by atoms with E-state index < -0.39 is 0 Å². The van der Waals surface area contributed by atoms with E-state index in [1.54, 1.807) is 30.3 Å². The molecule has 2 N–H and O–H groups in total. The lowest BCUT2D eigenvalue weighted by molar-refractivity contribution is -0.116. The molecule has 27 heavy (non-hydrogen) atoms. The Morgan fingerprint density at radius 2 is 1.74 bits per heavy atom. The van der Waals surface area contributed by atoms with Gasteiger partial charge in [-0.25, -0.2) is 4.39 Å². The minimum absolute atomic E-state index is 0.0831. The molecular weight excluding hydrogens is 345 g/mol. The fraction of sp³-hybridized carbons (Fsp3) is 0.333. The third-order valence-electron chi connectivity index (χ3n) is 3.97. The molecule has 5 nitrogen and oxygen atoms in total. The van der Waals surface area contributed by atoms with E-state index in [1.807, 2.05) is 32.8 Å². The van der Waals surface area contributed by atoms with Crippen LogP contribution in [0.1, 0.15) is 36.2 Å². The molecule has 0 aliphatic carbocycles. The van der Waals surface area contributed by atoms with Gasteiger partial charge in [-0.3, -0.25) is 9.59 Å². The highest BCUT2D eigenvalue weighted by molar-refractivity contribution is 6.02. The van der Waals surface area contributed by atoms with Crippen molar-refractivity contribution in [3.63, 3.8) is 0 Å². The highest BCUT2D eigenvalue weighted by Gasteiger charge is 2.15. The summed E-state index contributed by atoms with van der Waals surface area (Å²) in [4.78, 5) is 26.5. The molecule has 0 spiro atoms. The van der Waals surface area contributed by atoms with Crippen molar-refractivity contribution in [3.8, 4) is 0 Å². The van der Waals surface area contributed by atoms with Crippen molar-refractivity contribution in [2.24, 2.45) is 5.92 Å². The Morgan fingerprint density at radius 1 is 1.07 bits per heavy atom. The first-order valence-corrected chi connectivity index (χ1v) is 8.90. The number of nitrogens with zero attached hydrogens (tertiary/aromatic N) is 1. The van der Waals surface area contributed by atoms with E-state index >= 15 is 0 Å². The smallest absolute Gasteiger partial charge is 0.253 e. The number of carbonyl (C=O) groups excluding carboxylic acids is 2. The number of benzene rings is 2. The van der Waals surface area contributed by atoms with Crippen molar-refractivity contribution >= 4 is 23.2 Å². The Hall–Kier alpha value is -2.89. The van der Waals surface area contributed by atoms with Gasteiger partial charge in [0.15, 0.2) is 0 Å². The predicted molar refractivity (Wildman–Crippen MR) is 106 cm³/mol. The molecule has 6 heteroatoms. The van der Waals surface area contributed by atoms with E-state index in [1.165, 1.54) is 12.1 Å². The number of amides is 2. The van der Waals surface area contributed by atoms with Gasteiger partial charge in [-0.05, 0) is 41.8 Å². The minimum Gasteiger partial charge on any atom is -0.377 e. The topological polar surface area (TPSA) is 61.4 Å². The molecule has 0 saturated carbocycles. The van der Waals surface area contributed by atoms with Gasteiger partial charge >= 0.3 is 0 Å². The van der Waals surface area contributed by atoms with Crippen molar-refractivity contribution < 1.29 is 14.0 Å². The molecule has 0 fully saturated rings. The number of carbonyl (C=O) groups is 2. The second kappa shape index (κ2) is 9.16. The summed E-state index contributed by atoms with van der Waals surface area (Å²) in [5, 5.41) is 5.68. The molecule has 0 bridgehead atoms. The van der Waals surface area contributed by atoms with Crippen LogP contribution in [0, 0.1) is 11.7 Å². The summed E-state index contributed by atoms with van der Waals surface area (Å²) in [5.41, 5.74) is 2.59. The van der Waals surface area contributed by atoms with Crippen LogP contribution >= 0.6 is 0 Å². The Kier molecular flexibility index (Phi) is 6.93. The third kappa shape index (κ3) is 6.09. The first kappa shape index (κ1) is 20.4. The SMILES string of the molecule is CC(C)CC(=O)Nc1ccc(N(C)C)c(C(=O)NCc2ccc(F)cc2)c1. The largest absolute Gasteiger partial charge is 0.377 e. The van der Waals surface area contributed by atoms with Crippen LogP contribution < -0.4 is 15.5 Å². The highest BCUT2D eigenvalue weighted by Crippen LogP contribution is 2.23. The van der Waals surface area contributed by atoms with E-state index in [0.29, 0.717) is 17.7 Å². The van der Waals surface area contributed by atoms with Gasteiger partial charge < -0.3 is 15.5 Å². The van der Waals surface area contributed by atoms with Crippen LogP contribution in [0.15, 0.2) is 42.5 Å². The van der Waals surface area contributed by atoms with Crippen molar-refractivity contribution in [3.05, 3.63) is 59.4 Å². The first-order chi connectivity index (χ1) is 12.8. The highest BCUT2D eigenvalue weighted by atomic mass is 19.1. The molecule has 0 atom stereocenters. The minimum atomic E-state index is -0.315. The normalized spacial score (nSPS) is 10.6. The summed E-state index contributed by atoms with van der Waals surface area (Å²) in [6.45, 7) is 4.24. The summed E-state index contributed by atoms with van der Waals surface area (Å²) >= 11 is 0. The van der Waals surface area contributed by atoms with Crippen molar-refractivity contribution in [2.45, 2.75) is 26.8 Å². The molecule has 0 aromatic heterocycles. The maximum atomic E-state index is 13.0. The molecule has 2 aromatic carbocycles. The Labute approximate surface area is 159 Å². The standard InChI is InChI=1S/C21H26FN3O2/c1-14(2)11-20(26)24-17-9-10-19(25(3)4)18(12-17)21(27)23-13-15-5-7-16(22)8-6-15/h5-10,12,14H,11,13H2,1-4H3,(H,23,27)(H,24,26). The van der Waals surface area contributed by atoms with E-state index in [0.717, 1.165) is 11.3 Å². The zero-order chi connectivity index (χ0) is 20.0. The van der Waals surface area contributed by atoms with Crippen molar-refractivity contribution in [1.29, 1.82) is 0 Å². The van der Waals surface area contributed by atoms with Crippen molar-refractivity contribution in [2.75, 3.05) is 24.3 Å². The zero-order valence-corrected chi connectivity index (χ0v) is 16.2. The summed E-state index contributed by atoms with van der Waals surface area (Å²) in [6.07, 6.45) is 0.418. The van der Waals surface area contributed by atoms with Gasteiger partial charge in [0.2, 0.25) is 5.91 Å². The molecule has 0 unspecified atom stereocenters. The van der Waals surface area contributed by atoms with Crippen LogP contribution in [0.2, 0.25) is 0 Å². The Morgan fingerprint density at radius 3 is 2.33 bits per heavy atom. The van der Waals surface area contributed by atoms with Crippen LogP contribution in [-0.2, 0) is 11.3 Å². The molecule has 144 valence electrons. The van der Waals surface area contributed by atoms with Crippen LogP contribution in [0.3, 0.4) is 0 Å². The van der Waals surface area contributed by atoms with Gasteiger partial charge in [-0.2, -0.15) is 0 Å². The molecule has 0 aliphatic rings. The van der Waals surface area contributed by atoms with Crippen molar-refractivity contribution in [1.82, 2.24) is 5.32 Å². The summed E-state index contributed by atoms with van der Waals surface area (Å²) in [7, 11) is 3.70. The lowest BCUT2D eigenvalue weighted by atomic mass is 10.1. The molecule has 2 rings (SSSR count). The predicted octanol–water partition coefficient (Wildman–Crippen LogP) is 3.81. The second-order valence-corrected chi connectivity index (χ2v) is 7.08. The van der Waals surface area contributed by atoms with E-state index in [2.05, 4.69) is 10.6 Å². The molecule has 2 amide bonds. The van der Waals surface area contributed by atoms with Gasteiger partial charge in [0, 0.05) is 38.4 Å². The monoisotopic (exact) mass is 371 g/mol. The molecule has 0 heterocycles. The fourth-order valence-electron chi connectivity index (χ4n) is 2.65. The van der Waals surface area contributed by atoms with Crippen LogP contribution in [0.25, 0.3) is 0 Å². The van der Waals surface area contributed by atoms with E-state index in [9.17, 15) is 14.0 Å². The van der Waals surface area contributed by atoms with Crippen LogP contribution in [0.4, 0.5) is 15.8 Å². The van der Waals surface area contributed by atoms with Gasteiger partial charge in [0.1, 0.15) is 5.82 Å². The Bertz CT molecular complexity index is 802. The van der Waals surface area contributed by atoms with Gasteiger partial charge in [0.05, 0.1) is 5.56 Å². The molecule has 2 aromatic rings. The van der Waals surface area contributed by atoms with Gasteiger partial charge in [-0.15, -0.1) is 0 Å². The zero-order valence-electron chi connectivity index (χ0n) is 16.2. The molecule has 0 aliphatic heterocycles. The van der Waals surface area contributed by atoms with Crippen LogP contribution in [-0.4, -0.2) is 25.9 Å². The van der Waals surface area contributed by atoms with Gasteiger partial charge in [-0.1, -0.05) is 26.0 Å². The Balaban J connectivity index is 2.15. The lowest BCUT2D eigenvalue weighted by Crippen LogP contribution is -2.26. The summed E-state index contributed by atoms with van der Waals surface area (Å²) < 4.78 is 13.0. The number of hydrogen-bond donors (Lipinski definition) is 2. The molecular formula is C21H26FN3O2. The lowest BCUT2D eigenvalue weighted by Gasteiger charge is -2.19. The maximum absolute atomic E-state index is 13.0. The third-order valence-corrected chi connectivity index (χ3v) is 3.97. The van der Waals surface area contributed by atoms with Gasteiger partial charge in [0.25, 0.3) is 5.91 Å². The molecule has 0 radical (unpaired) electrons. The number of halogens is 1. The molecule has 0 saturated heterocycles. The number of anilines is 2. The van der Waals surface area contributed by atoms with E-state index in [-0.39, 0.29) is 30.1 Å². The quantitative estimate of drug-likeness (QED) is 0.778. The maximum Gasteiger partial charge on any atom is 0.253 e. The summed E-state index contributed by atoms with van der Waals surface area (Å²) in [6, 6.07) is 11.2. The average Bonchev–Trinajstić information content (AvgIpc) is 2.60. The van der Waals surface area contributed by atoms with E-state index in [4.69, 9.17) is 0 Å². The number of nitrogens with one attached hydrogen (secondary N) is 2. The summed E-state index contributed by atoms with van der Waals surface area (Å²) in [5.74, 6) is -0.405. The number of hydrogen-bond acceptors (Lipinski definition) is 3. The second-order valence-electron chi connectivity index (χ2n) is 7.08. The first-order valence-electron chi connectivity index (χ1n) is 8.90. The van der Waals surface area contributed by atoms with Crippen LogP contribution in [0.5, 0.6) is 0 Å². The number of rotatable bonds is 7. The average molecular weight is 371 g/mol.